The van der Waals surface area contributed by atoms with Gasteiger partial charge in [0.05, 0.1) is 0 Å². The van der Waals surface area contributed by atoms with E-state index in [1.54, 1.807) is 0 Å². The maximum Gasteiger partial charge on any atom is 0.320 e. The maximum atomic E-state index is 11.3. The molecule has 0 aliphatic heterocycles. The normalized spacial score (nSPS) is 25.7. The van der Waals surface area contributed by atoms with Crippen LogP contribution in [0.2, 0.25) is 0 Å². The molecule has 20 heavy (non-hydrogen) atoms. The van der Waals surface area contributed by atoms with Crippen LogP contribution in [0, 0.1) is 17.3 Å². The van der Waals surface area contributed by atoms with Crippen LogP contribution in [0.1, 0.15) is 73.1 Å². The van der Waals surface area contributed by atoms with Crippen molar-refractivity contribution < 1.29 is 9.90 Å². The predicted octanol–water partition coefficient (Wildman–Crippen LogP) is 4.07. The van der Waals surface area contributed by atoms with Gasteiger partial charge in [0.25, 0.3) is 0 Å². The Bertz CT molecular complexity index is 304. The van der Waals surface area contributed by atoms with Crippen molar-refractivity contribution in [3.05, 3.63) is 0 Å². The Morgan fingerprint density at radius 1 is 1.25 bits per heavy atom. The minimum atomic E-state index is -0.699. The summed E-state index contributed by atoms with van der Waals surface area (Å²) in [5.41, 5.74) is 0.426. The van der Waals surface area contributed by atoms with E-state index < -0.39 is 5.97 Å². The lowest BCUT2D eigenvalue weighted by molar-refractivity contribution is -0.140. The number of aliphatic carboxylic acids is 1. The second-order valence-corrected chi connectivity index (χ2v) is 7.58. The molecular weight excluding hydrogens is 250 g/mol. The number of hydrogen-bond acceptors (Lipinski definition) is 2. The minimum Gasteiger partial charge on any atom is -0.480 e. The standard InChI is InChI=1S/C17H33NO2/c1-6-17(4,5)13-7-9-14(10-8-13)18-15(16(19)20)11-12(2)3/h12-15,18H,6-11H2,1-5H3,(H,19,20). The van der Waals surface area contributed by atoms with Gasteiger partial charge in [0, 0.05) is 6.04 Å². The van der Waals surface area contributed by atoms with Crippen LogP contribution in [0.15, 0.2) is 0 Å². The van der Waals surface area contributed by atoms with Gasteiger partial charge in [-0.3, -0.25) is 4.79 Å². The van der Waals surface area contributed by atoms with E-state index in [0.29, 0.717) is 17.4 Å². The molecule has 3 heteroatoms. The summed E-state index contributed by atoms with van der Waals surface area (Å²) < 4.78 is 0. The summed E-state index contributed by atoms with van der Waals surface area (Å²) in [5.74, 6) is 0.507. The van der Waals surface area contributed by atoms with Gasteiger partial charge in [-0.2, -0.15) is 0 Å². The summed E-state index contributed by atoms with van der Waals surface area (Å²) in [6, 6.07) is 0.00879. The molecule has 1 aliphatic carbocycles. The Morgan fingerprint density at radius 2 is 1.80 bits per heavy atom. The third kappa shape index (κ3) is 5.08. The van der Waals surface area contributed by atoms with Gasteiger partial charge < -0.3 is 10.4 Å². The van der Waals surface area contributed by atoms with E-state index in [1.807, 2.05) is 0 Å². The first-order valence-electron chi connectivity index (χ1n) is 8.25. The largest absolute Gasteiger partial charge is 0.480 e. The predicted molar refractivity (Wildman–Crippen MR) is 83.8 cm³/mol. The van der Waals surface area contributed by atoms with Gasteiger partial charge in [-0.05, 0) is 49.4 Å². The molecule has 1 rings (SSSR count). The van der Waals surface area contributed by atoms with E-state index in [-0.39, 0.29) is 6.04 Å². The topological polar surface area (TPSA) is 49.3 Å². The Morgan fingerprint density at radius 3 is 2.20 bits per heavy atom. The van der Waals surface area contributed by atoms with Crippen molar-refractivity contribution in [3.63, 3.8) is 0 Å². The maximum absolute atomic E-state index is 11.3. The smallest absolute Gasteiger partial charge is 0.320 e. The molecule has 1 unspecified atom stereocenters. The van der Waals surface area contributed by atoms with Crippen molar-refractivity contribution in [2.45, 2.75) is 85.2 Å². The molecule has 0 heterocycles. The number of nitrogens with one attached hydrogen (secondary N) is 1. The Hall–Kier alpha value is -0.570. The molecule has 1 fully saturated rings. The molecule has 0 amide bonds. The highest BCUT2D eigenvalue weighted by atomic mass is 16.4. The lowest BCUT2D eigenvalue weighted by Crippen LogP contribution is -2.46. The molecule has 118 valence electrons. The summed E-state index contributed by atoms with van der Waals surface area (Å²) in [6.45, 7) is 11.2. The molecule has 0 aromatic carbocycles. The lowest BCUT2D eigenvalue weighted by atomic mass is 9.69. The third-order valence-corrected chi connectivity index (χ3v) is 5.19. The average Bonchev–Trinajstić information content (AvgIpc) is 2.38. The fourth-order valence-corrected chi connectivity index (χ4v) is 3.33. The van der Waals surface area contributed by atoms with Crippen molar-refractivity contribution in [3.8, 4) is 0 Å². The molecule has 2 N–H and O–H groups in total. The second kappa shape index (κ2) is 7.44. The second-order valence-electron chi connectivity index (χ2n) is 7.58. The summed E-state index contributed by atoms with van der Waals surface area (Å²) in [4.78, 5) is 11.3. The molecule has 1 saturated carbocycles. The summed E-state index contributed by atoms with van der Waals surface area (Å²) in [7, 11) is 0. The zero-order chi connectivity index (χ0) is 15.3. The van der Waals surface area contributed by atoms with Gasteiger partial charge >= 0.3 is 5.97 Å². The Labute approximate surface area is 124 Å². The van der Waals surface area contributed by atoms with Crippen molar-refractivity contribution >= 4 is 5.97 Å². The summed E-state index contributed by atoms with van der Waals surface area (Å²) in [6.07, 6.45) is 6.64. The number of hydrogen-bond donors (Lipinski definition) is 2. The molecular formula is C17H33NO2. The molecule has 0 radical (unpaired) electrons. The van der Waals surface area contributed by atoms with Crippen molar-refractivity contribution in [1.29, 1.82) is 0 Å². The van der Waals surface area contributed by atoms with Gasteiger partial charge in [-0.15, -0.1) is 0 Å². The van der Waals surface area contributed by atoms with Crippen LogP contribution in [-0.2, 0) is 4.79 Å². The van der Waals surface area contributed by atoms with E-state index >= 15 is 0 Å². The zero-order valence-electron chi connectivity index (χ0n) is 13.9. The van der Waals surface area contributed by atoms with Crippen LogP contribution in [0.3, 0.4) is 0 Å². The van der Waals surface area contributed by atoms with Gasteiger partial charge in [0.1, 0.15) is 6.04 Å². The Balaban J connectivity index is 2.46. The van der Waals surface area contributed by atoms with Crippen molar-refractivity contribution in [1.82, 2.24) is 5.32 Å². The van der Waals surface area contributed by atoms with Crippen molar-refractivity contribution in [2.24, 2.45) is 17.3 Å². The molecule has 1 atom stereocenters. The number of carboxylic acids is 1. The van der Waals surface area contributed by atoms with Crippen molar-refractivity contribution in [2.75, 3.05) is 0 Å². The van der Waals surface area contributed by atoms with Crippen LogP contribution in [0.4, 0.5) is 0 Å². The zero-order valence-corrected chi connectivity index (χ0v) is 13.9. The highest BCUT2D eigenvalue weighted by molar-refractivity contribution is 5.73. The van der Waals surface area contributed by atoms with Gasteiger partial charge in [-0.1, -0.05) is 41.0 Å². The fourth-order valence-electron chi connectivity index (χ4n) is 3.33. The molecule has 1 aliphatic rings. The number of carbonyl (C=O) groups is 1. The molecule has 0 aromatic heterocycles. The average molecular weight is 283 g/mol. The monoisotopic (exact) mass is 283 g/mol. The number of rotatable bonds is 7. The van der Waals surface area contributed by atoms with Crippen LogP contribution in [-0.4, -0.2) is 23.2 Å². The number of carboxylic acid groups (broad SMARTS) is 1. The van der Waals surface area contributed by atoms with E-state index in [2.05, 4.69) is 39.9 Å². The molecule has 0 aromatic rings. The molecule has 0 bridgehead atoms. The first kappa shape index (κ1) is 17.5. The Kier molecular flexibility index (Phi) is 6.50. The van der Waals surface area contributed by atoms with Crippen LogP contribution >= 0.6 is 0 Å². The summed E-state index contributed by atoms with van der Waals surface area (Å²) >= 11 is 0. The van der Waals surface area contributed by atoms with Gasteiger partial charge in [-0.25, -0.2) is 0 Å². The lowest BCUT2D eigenvalue weighted by Gasteiger charge is -2.39. The highest BCUT2D eigenvalue weighted by Crippen LogP contribution is 2.40. The van der Waals surface area contributed by atoms with E-state index in [9.17, 15) is 9.90 Å². The minimum absolute atomic E-state index is 0.379. The quantitative estimate of drug-likeness (QED) is 0.740. The first-order valence-corrected chi connectivity index (χ1v) is 8.25. The SMILES string of the molecule is CCC(C)(C)C1CCC(NC(CC(C)C)C(=O)O)CC1. The van der Waals surface area contributed by atoms with E-state index in [4.69, 9.17) is 0 Å². The van der Waals surface area contributed by atoms with E-state index in [1.165, 1.54) is 19.3 Å². The van der Waals surface area contributed by atoms with Crippen LogP contribution in [0.5, 0.6) is 0 Å². The van der Waals surface area contributed by atoms with Gasteiger partial charge in [0.2, 0.25) is 0 Å². The highest BCUT2D eigenvalue weighted by Gasteiger charge is 2.33. The first-order chi connectivity index (χ1) is 9.26. The molecule has 0 saturated heterocycles. The van der Waals surface area contributed by atoms with Crippen LogP contribution < -0.4 is 5.32 Å². The fraction of sp³-hybridized carbons (Fsp3) is 0.941. The van der Waals surface area contributed by atoms with E-state index in [0.717, 1.165) is 25.2 Å². The molecule has 3 nitrogen and oxygen atoms in total. The molecule has 0 spiro atoms. The van der Waals surface area contributed by atoms with Crippen LogP contribution in [0.25, 0.3) is 0 Å². The van der Waals surface area contributed by atoms with Gasteiger partial charge in [0.15, 0.2) is 0 Å². The third-order valence-electron chi connectivity index (χ3n) is 5.19. The summed E-state index contributed by atoms with van der Waals surface area (Å²) in [5, 5.41) is 12.7.